The summed E-state index contributed by atoms with van der Waals surface area (Å²) in [6.45, 7) is 1.15. The van der Waals surface area contributed by atoms with Gasteiger partial charge in [-0.05, 0) is 30.3 Å². The first-order chi connectivity index (χ1) is 13.1. The second kappa shape index (κ2) is 9.14. The van der Waals surface area contributed by atoms with Crippen LogP contribution in [0.2, 0.25) is 5.02 Å². The third-order valence-corrected chi connectivity index (χ3v) is 4.55. The van der Waals surface area contributed by atoms with E-state index in [-0.39, 0.29) is 5.91 Å². The molecular weight excluding hydrogens is 360 g/mol. The van der Waals surface area contributed by atoms with Crippen molar-refractivity contribution in [1.29, 1.82) is 0 Å². The van der Waals surface area contributed by atoms with Crippen molar-refractivity contribution in [3.63, 3.8) is 0 Å². The first kappa shape index (κ1) is 18.9. The van der Waals surface area contributed by atoms with Gasteiger partial charge in [-0.1, -0.05) is 35.9 Å². The van der Waals surface area contributed by atoms with Crippen molar-refractivity contribution in [3.05, 3.63) is 88.8 Å². The molecule has 0 radical (unpaired) electrons. The zero-order chi connectivity index (χ0) is 19.1. The number of carbonyl (C=O) groups is 1. The van der Waals surface area contributed by atoms with E-state index in [4.69, 9.17) is 11.6 Å². The van der Waals surface area contributed by atoms with Crippen LogP contribution in [0, 0.1) is 0 Å². The van der Waals surface area contributed by atoms with E-state index in [1.54, 1.807) is 36.7 Å². The van der Waals surface area contributed by atoms with Crippen molar-refractivity contribution >= 4 is 23.3 Å². The van der Waals surface area contributed by atoms with Gasteiger partial charge in [-0.15, -0.1) is 0 Å². The van der Waals surface area contributed by atoms with Gasteiger partial charge >= 0.3 is 0 Å². The molecular formula is C21H21ClN4O. The highest BCUT2D eigenvalue weighted by Crippen LogP contribution is 2.18. The summed E-state index contributed by atoms with van der Waals surface area (Å²) in [4.78, 5) is 23.3. The molecule has 5 nitrogen and oxygen atoms in total. The highest BCUT2D eigenvalue weighted by Gasteiger charge is 2.13. The van der Waals surface area contributed by atoms with Crippen LogP contribution >= 0.6 is 11.6 Å². The summed E-state index contributed by atoms with van der Waals surface area (Å²) in [5.41, 5.74) is 2.45. The Bertz CT molecular complexity index is 901. The highest BCUT2D eigenvalue weighted by atomic mass is 35.5. The van der Waals surface area contributed by atoms with Crippen LogP contribution in [0.15, 0.2) is 67.0 Å². The van der Waals surface area contributed by atoms with Crippen LogP contribution in [0.4, 0.5) is 5.82 Å². The first-order valence-electron chi connectivity index (χ1n) is 8.73. The summed E-state index contributed by atoms with van der Waals surface area (Å²) in [7, 11) is 1.99. The van der Waals surface area contributed by atoms with Crippen LogP contribution in [-0.4, -0.2) is 29.5 Å². The molecule has 2 heterocycles. The predicted molar refractivity (Wildman–Crippen MR) is 108 cm³/mol. The molecule has 0 atom stereocenters. The normalized spacial score (nSPS) is 10.4. The molecule has 2 aromatic heterocycles. The number of nitrogens with one attached hydrogen (secondary N) is 1. The number of anilines is 1. The lowest BCUT2D eigenvalue weighted by atomic mass is 10.2. The zero-order valence-electron chi connectivity index (χ0n) is 15.1. The number of hydrogen-bond acceptors (Lipinski definition) is 4. The van der Waals surface area contributed by atoms with Crippen LogP contribution in [-0.2, 0) is 13.0 Å². The standard InChI is InChI=1S/C21H21ClN4O/c1-26(14-11-17-8-4-5-12-23-17)20-16(7-6-13-24-20)15-25-21(27)18-9-2-3-10-19(18)22/h2-10,12-13H,11,14-15H2,1H3,(H,25,27). The van der Waals surface area contributed by atoms with Gasteiger partial charge in [-0.3, -0.25) is 9.78 Å². The number of halogens is 1. The summed E-state index contributed by atoms with van der Waals surface area (Å²) in [5, 5.41) is 3.36. The van der Waals surface area contributed by atoms with E-state index in [1.807, 2.05) is 37.4 Å². The highest BCUT2D eigenvalue weighted by molar-refractivity contribution is 6.33. The molecule has 3 rings (SSSR count). The molecule has 0 aliphatic rings. The number of carbonyl (C=O) groups excluding carboxylic acids is 1. The van der Waals surface area contributed by atoms with Crippen LogP contribution in [0.3, 0.4) is 0 Å². The first-order valence-corrected chi connectivity index (χ1v) is 9.10. The monoisotopic (exact) mass is 380 g/mol. The predicted octanol–water partition coefficient (Wildman–Crippen LogP) is 3.74. The van der Waals surface area contributed by atoms with Crippen LogP contribution < -0.4 is 10.2 Å². The van der Waals surface area contributed by atoms with E-state index in [1.165, 1.54) is 0 Å². The van der Waals surface area contributed by atoms with E-state index in [9.17, 15) is 4.79 Å². The van der Waals surface area contributed by atoms with E-state index in [0.717, 1.165) is 30.0 Å². The molecule has 0 fully saturated rings. The molecule has 6 heteroatoms. The Morgan fingerprint density at radius 1 is 1.04 bits per heavy atom. The van der Waals surface area contributed by atoms with E-state index in [2.05, 4.69) is 20.2 Å². The lowest BCUT2D eigenvalue weighted by Gasteiger charge is -2.21. The molecule has 1 N–H and O–H groups in total. The molecule has 1 amide bonds. The molecule has 3 aromatic rings. The van der Waals surface area contributed by atoms with Crippen LogP contribution in [0.25, 0.3) is 0 Å². The van der Waals surface area contributed by atoms with E-state index < -0.39 is 0 Å². The van der Waals surface area contributed by atoms with E-state index >= 15 is 0 Å². The van der Waals surface area contributed by atoms with Gasteiger partial charge in [-0.2, -0.15) is 0 Å². The van der Waals surface area contributed by atoms with Gasteiger partial charge in [0.25, 0.3) is 5.91 Å². The molecule has 0 aliphatic heterocycles. The molecule has 1 aromatic carbocycles. The number of aromatic nitrogens is 2. The van der Waals surface area contributed by atoms with Gasteiger partial charge in [0, 0.05) is 50.2 Å². The molecule has 0 bridgehead atoms. The van der Waals surface area contributed by atoms with Gasteiger partial charge in [0.1, 0.15) is 5.82 Å². The molecule has 27 heavy (non-hydrogen) atoms. The summed E-state index contributed by atoms with van der Waals surface area (Å²) in [5.74, 6) is 0.638. The van der Waals surface area contributed by atoms with Gasteiger partial charge in [-0.25, -0.2) is 4.98 Å². The number of amides is 1. The molecule has 0 aliphatic carbocycles. The SMILES string of the molecule is CN(CCc1ccccn1)c1ncccc1CNC(=O)c1ccccc1Cl. The van der Waals surface area contributed by atoms with Gasteiger partial charge in [0.05, 0.1) is 10.6 Å². The molecule has 0 saturated heterocycles. The second-order valence-electron chi connectivity index (χ2n) is 6.14. The Kier molecular flexibility index (Phi) is 6.39. The van der Waals surface area contributed by atoms with Gasteiger partial charge in [0.15, 0.2) is 0 Å². The zero-order valence-corrected chi connectivity index (χ0v) is 15.9. The maximum absolute atomic E-state index is 12.4. The lowest BCUT2D eigenvalue weighted by molar-refractivity contribution is 0.0951. The fraction of sp³-hybridized carbons (Fsp3) is 0.190. The van der Waals surface area contributed by atoms with Gasteiger partial charge in [0.2, 0.25) is 0 Å². The summed E-state index contributed by atoms with van der Waals surface area (Å²) < 4.78 is 0. The average Bonchev–Trinajstić information content (AvgIpc) is 2.71. The molecule has 0 spiro atoms. The van der Waals surface area contributed by atoms with Crippen LogP contribution in [0.1, 0.15) is 21.6 Å². The third kappa shape index (κ3) is 5.05. The van der Waals surface area contributed by atoms with Crippen molar-refractivity contribution in [2.24, 2.45) is 0 Å². The Hall–Kier alpha value is -2.92. The maximum Gasteiger partial charge on any atom is 0.253 e. The Morgan fingerprint density at radius 3 is 2.59 bits per heavy atom. The quantitative estimate of drug-likeness (QED) is 0.678. The number of nitrogens with zero attached hydrogens (tertiary/aromatic N) is 3. The smallest absolute Gasteiger partial charge is 0.253 e. The molecule has 138 valence electrons. The van der Waals surface area contributed by atoms with Crippen molar-refractivity contribution in [2.45, 2.75) is 13.0 Å². The Balaban J connectivity index is 1.65. The van der Waals surface area contributed by atoms with E-state index in [0.29, 0.717) is 17.1 Å². The number of rotatable bonds is 7. The Morgan fingerprint density at radius 2 is 1.81 bits per heavy atom. The minimum absolute atomic E-state index is 0.202. The van der Waals surface area contributed by atoms with Crippen LogP contribution in [0.5, 0.6) is 0 Å². The van der Waals surface area contributed by atoms with Crippen molar-refractivity contribution in [3.8, 4) is 0 Å². The fourth-order valence-corrected chi connectivity index (χ4v) is 2.98. The minimum atomic E-state index is -0.202. The van der Waals surface area contributed by atoms with Crippen molar-refractivity contribution in [2.75, 3.05) is 18.5 Å². The number of pyridine rings is 2. The van der Waals surface area contributed by atoms with Crippen molar-refractivity contribution in [1.82, 2.24) is 15.3 Å². The topological polar surface area (TPSA) is 58.1 Å². The third-order valence-electron chi connectivity index (χ3n) is 4.22. The summed E-state index contributed by atoms with van der Waals surface area (Å²) in [6.07, 6.45) is 4.37. The number of likely N-dealkylation sites (N-methyl/N-ethyl adjacent to an activating group) is 1. The second-order valence-corrected chi connectivity index (χ2v) is 6.55. The largest absolute Gasteiger partial charge is 0.359 e. The fourth-order valence-electron chi connectivity index (χ4n) is 2.76. The Labute approximate surface area is 164 Å². The average molecular weight is 381 g/mol. The summed E-state index contributed by atoms with van der Waals surface area (Å²) >= 11 is 6.09. The summed E-state index contributed by atoms with van der Waals surface area (Å²) in [6, 6.07) is 16.7. The maximum atomic E-state index is 12.4. The lowest BCUT2D eigenvalue weighted by Crippen LogP contribution is -2.27. The number of hydrogen-bond donors (Lipinski definition) is 1. The molecule has 0 saturated carbocycles. The van der Waals surface area contributed by atoms with Gasteiger partial charge < -0.3 is 10.2 Å². The minimum Gasteiger partial charge on any atom is -0.359 e. The molecule has 0 unspecified atom stereocenters. The van der Waals surface area contributed by atoms with Crippen molar-refractivity contribution < 1.29 is 4.79 Å². The number of benzene rings is 1.